The summed E-state index contributed by atoms with van der Waals surface area (Å²) in [6, 6.07) is 5.41. The van der Waals surface area contributed by atoms with Gasteiger partial charge < -0.3 is 14.7 Å². The number of nitrogens with zero attached hydrogens (tertiary/aromatic N) is 1. The van der Waals surface area contributed by atoms with Crippen molar-refractivity contribution in [2.24, 2.45) is 0 Å². The number of ether oxygens (including phenoxy) is 1. The van der Waals surface area contributed by atoms with Crippen LogP contribution in [-0.2, 0) is 9.53 Å². The second-order valence-electron chi connectivity index (χ2n) is 5.04. The van der Waals surface area contributed by atoms with Crippen molar-refractivity contribution in [1.82, 2.24) is 4.90 Å². The lowest BCUT2D eigenvalue weighted by atomic mass is 10.1. The second kappa shape index (κ2) is 7.17. The first kappa shape index (κ1) is 15.4. The van der Waals surface area contributed by atoms with E-state index in [4.69, 9.17) is 9.84 Å². The number of hydrogen-bond donors (Lipinski definition) is 1. The van der Waals surface area contributed by atoms with E-state index in [0.717, 1.165) is 18.9 Å². The molecular weight excluding hydrogens is 277 g/mol. The molecule has 1 heterocycles. The number of carboxylic acids is 1. The maximum Gasteiger partial charge on any atom is 0.305 e. The lowest BCUT2D eigenvalue weighted by Crippen LogP contribution is -2.38. The van der Waals surface area contributed by atoms with Crippen molar-refractivity contribution in [3.8, 4) is 0 Å². The molecule has 1 atom stereocenters. The van der Waals surface area contributed by atoms with Crippen LogP contribution in [-0.4, -0.2) is 47.7 Å². The van der Waals surface area contributed by atoms with Gasteiger partial charge in [0, 0.05) is 25.3 Å². The quantitative estimate of drug-likeness (QED) is 0.870. The molecule has 1 amide bonds. The summed E-state index contributed by atoms with van der Waals surface area (Å²) in [6.07, 6.45) is 1.57. The summed E-state index contributed by atoms with van der Waals surface area (Å²) in [7, 11) is 0. The second-order valence-corrected chi connectivity index (χ2v) is 5.04. The van der Waals surface area contributed by atoms with Gasteiger partial charge in [-0.15, -0.1) is 0 Å². The zero-order valence-electron chi connectivity index (χ0n) is 11.6. The van der Waals surface area contributed by atoms with Crippen LogP contribution in [0.3, 0.4) is 0 Å². The molecule has 1 fully saturated rings. The summed E-state index contributed by atoms with van der Waals surface area (Å²) in [5.41, 5.74) is 0.221. The van der Waals surface area contributed by atoms with E-state index in [0.29, 0.717) is 13.2 Å². The Balaban J connectivity index is 2.08. The van der Waals surface area contributed by atoms with E-state index in [1.54, 1.807) is 0 Å². The largest absolute Gasteiger partial charge is 0.481 e. The normalized spacial score (nSPS) is 17.7. The Morgan fingerprint density at radius 1 is 1.43 bits per heavy atom. The van der Waals surface area contributed by atoms with Crippen LogP contribution in [0, 0.1) is 5.82 Å². The Morgan fingerprint density at radius 2 is 2.24 bits per heavy atom. The van der Waals surface area contributed by atoms with Crippen molar-refractivity contribution >= 4 is 11.9 Å². The molecule has 1 N–H and O–H groups in total. The van der Waals surface area contributed by atoms with Crippen LogP contribution in [0.4, 0.5) is 4.39 Å². The van der Waals surface area contributed by atoms with Crippen molar-refractivity contribution in [2.75, 3.05) is 19.7 Å². The third kappa shape index (κ3) is 4.53. The number of aliphatic carboxylic acids is 1. The molecule has 1 aromatic carbocycles. The van der Waals surface area contributed by atoms with E-state index < -0.39 is 11.8 Å². The van der Waals surface area contributed by atoms with Gasteiger partial charge in [0.05, 0.1) is 12.5 Å². The third-order valence-electron chi connectivity index (χ3n) is 3.40. The standard InChI is InChI=1S/C15H18FNO4/c16-12-4-1-3-11(9-12)15(20)17(7-6-14(18)19)10-13-5-2-8-21-13/h1,3-4,9,13H,2,5-8,10H2,(H,18,19)/t13-/m1/s1. The third-order valence-corrected chi connectivity index (χ3v) is 3.40. The molecule has 1 aromatic rings. The van der Waals surface area contributed by atoms with Gasteiger partial charge in [0.15, 0.2) is 0 Å². The predicted octanol–water partition coefficient (Wildman–Crippen LogP) is 1.92. The summed E-state index contributed by atoms with van der Waals surface area (Å²) in [6.45, 7) is 1.08. The van der Waals surface area contributed by atoms with Crippen LogP contribution in [0.25, 0.3) is 0 Å². The first-order chi connectivity index (χ1) is 10.1. The van der Waals surface area contributed by atoms with Gasteiger partial charge >= 0.3 is 5.97 Å². The van der Waals surface area contributed by atoms with Gasteiger partial charge in [0.2, 0.25) is 0 Å². The van der Waals surface area contributed by atoms with Gasteiger partial charge in [-0.05, 0) is 31.0 Å². The topological polar surface area (TPSA) is 66.8 Å². The van der Waals surface area contributed by atoms with Gasteiger partial charge in [-0.2, -0.15) is 0 Å². The number of carboxylic acid groups (broad SMARTS) is 1. The van der Waals surface area contributed by atoms with Crippen LogP contribution in [0.2, 0.25) is 0 Å². The van der Waals surface area contributed by atoms with E-state index in [-0.39, 0.29) is 30.5 Å². The molecule has 0 aromatic heterocycles. The van der Waals surface area contributed by atoms with E-state index in [1.165, 1.54) is 23.1 Å². The Bertz CT molecular complexity index is 514. The van der Waals surface area contributed by atoms with E-state index in [2.05, 4.69) is 0 Å². The molecule has 0 radical (unpaired) electrons. The first-order valence-electron chi connectivity index (χ1n) is 6.94. The summed E-state index contributed by atoms with van der Waals surface area (Å²) >= 11 is 0. The van der Waals surface area contributed by atoms with Crippen LogP contribution < -0.4 is 0 Å². The average molecular weight is 295 g/mol. The first-order valence-corrected chi connectivity index (χ1v) is 6.94. The Kier molecular flexibility index (Phi) is 5.27. The molecule has 0 bridgehead atoms. The van der Waals surface area contributed by atoms with Crippen molar-refractivity contribution < 1.29 is 23.8 Å². The van der Waals surface area contributed by atoms with Crippen molar-refractivity contribution in [1.29, 1.82) is 0 Å². The minimum Gasteiger partial charge on any atom is -0.481 e. The number of carbonyl (C=O) groups is 2. The number of hydrogen-bond acceptors (Lipinski definition) is 3. The molecule has 2 rings (SSSR count). The van der Waals surface area contributed by atoms with Gasteiger partial charge in [0.1, 0.15) is 5.82 Å². The summed E-state index contributed by atoms with van der Waals surface area (Å²) < 4.78 is 18.7. The monoisotopic (exact) mass is 295 g/mol. The Morgan fingerprint density at radius 3 is 2.86 bits per heavy atom. The van der Waals surface area contributed by atoms with Gasteiger partial charge in [-0.25, -0.2) is 4.39 Å². The number of halogens is 1. The molecule has 6 heteroatoms. The highest BCUT2D eigenvalue weighted by atomic mass is 19.1. The van der Waals surface area contributed by atoms with Gasteiger partial charge in [0.25, 0.3) is 5.91 Å². The van der Waals surface area contributed by atoms with Gasteiger partial charge in [-0.3, -0.25) is 9.59 Å². The highest BCUT2D eigenvalue weighted by molar-refractivity contribution is 5.94. The molecule has 1 saturated heterocycles. The number of benzene rings is 1. The Labute approximate surface area is 122 Å². The van der Waals surface area contributed by atoms with Crippen molar-refractivity contribution in [3.05, 3.63) is 35.6 Å². The molecule has 1 aliphatic rings. The fourth-order valence-corrected chi connectivity index (χ4v) is 2.34. The molecule has 0 saturated carbocycles. The number of rotatable bonds is 6. The smallest absolute Gasteiger partial charge is 0.305 e. The van der Waals surface area contributed by atoms with Crippen molar-refractivity contribution in [2.45, 2.75) is 25.4 Å². The molecule has 114 valence electrons. The highest BCUT2D eigenvalue weighted by Crippen LogP contribution is 2.16. The van der Waals surface area contributed by atoms with E-state index in [1.807, 2.05) is 0 Å². The summed E-state index contributed by atoms with van der Waals surface area (Å²) in [5, 5.41) is 8.79. The lowest BCUT2D eigenvalue weighted by molar-refractivity contribution is -0.137. The fraction of sp³-hybridized carbons (Fsp3) is 0.467. The van der Waals surface area contributed by atoms with Crippen LogP contribution in [0.15, 0.2) is 24.3 Å². The zero-order valence-corrected chi connectivity index (χ0v) is 11.6. The fourth-order valence-electron chi connectivity index (χ4n) is 2.34. The number of amides is 1. The Hall–Kier alpha value is -1.95. The number of carbonyl (C=O) groups excluding carboxylic acids is 1. The molecular formula is C15H18FNO4. The van der Waals surface area contributed by atoms with Crippen LogP contribution >= 0.6 is 0 Å². The predicted molar refractivity (Wildman–Crippen MR) is 73.5 cm³/mol. The SMILES string of the molecule is O=C(O)CCN(C[C@H]1CCCO1)C(=O)c1cccc(F)c1. The van der Waals surface area contributed by atoms with Crippen LogP contribution in [0.1, 0.15) is 29.6 Å². The minimum absolute atomic E-state index is 0.0729. The average Bonchev–Trinajstić information content (AvgIpc) is 2.95. The van der Waals surface area contributed by atoms with Gasteiger partial charge in [-0.1, -0.05) is 6.07 Å². The van der Waals surface area contributed by atoms with Crippen molar-refractivity contribution in [3.63, 3.8) is 0 Å². The van der Waals surface area contributed by atoms with E-state index in [9.17, 15) is 14.0 Å². The summed E-state index contributed by atoms with van der Waals surface area (Å²) in [5.74, 6) is -1.83. The lowest BCUT2D eigenvalue weighted by Gasteiger charge is -2.25. The molecule has 0 aliphatic carbocycles. The highest BCUT2D eigenvalue weighted by Gasteiger charge is 2.24. The molecule has 1 aliphatic heterocycles. The van der Waals surface area contributed by atoms with E-state index >= 15 is 0 Å². The maximum atomic E-state index is 13.2. The zero-order chi connectivity index (χ0) is 15.2. The molecule has 21 heavy (non-hydrogen) atoms. The molecule has 0 unspecified atom stereocenters. The molecule has 5 nitrogen and oxygen atoms in total. The molecule has 0 spiro atoms. The maximum absolute atomic E-state index is 13.2. The minimum atomic E-state index is -0.973. The van der Waals surface area contributed by atoms with Crippen LogP contribution in [0.5, 0.6) is 0 Å². The summed E-state index contributed by atoms with van der Waals surface area (Å²) in [4.78, 5) is 24.6.